The van der Waals surface area contributed by atoms with Gasteiger partial charge in [-0.05, 0) is 36.8 Å². The van der Waals surface area contributed by atoms with Crippen molar-refractivity contribution in [2.75, 3.05) is 0 Å². The van der Waals surface area contributed by atoms with Crippen molar-refractivity contribution >= 4 is 35.0 Å². The van der Waals surface area contributed by atoms with Gasteiger partial charge in [-0.3, -0.25) is 4.57 Å². The lowest BCUT2D eigenvalue weighted by atomic mass is 10.1. The van der Waals surface area contributed by atoms with E-state index in [0.717, 1.165) is 27.9 Å². The fraction of sp³-hybridized carbons (Fsp3) is 0.0870. The summed E-state index contributed by atoms with van der Waals surface area (Å²) in [6, 6.07) is 24.5. The van der Waals surface area contributed by atoms with E-state index in [-0.39, 0.29) is 0 Å². The van der Waals surface area contributed by atoms with Crippen LogP contribution in [-0.4, -0.2) is 9.55 Å². The molecule has 0 amide bonds. The second-order valence-corrected chi connectivity index (χ2v) is 8.26. The summed E-state index contributed by atoms with van der Waals surface area (Å²) in [7, 11) is 0. The van der Waals surface area contributed by atoms with Crippen molar-refractivity contribution in [1.82, 2.24) is 9.55 Å². The zero-order valence-corrected chi connectivity index (χ0v) is 17.6. The molecule has 0 unspecified atom stereocenters. The lowest BCUT2D eigenvalue weighted by Gasteiger charge is -2.13. The Kier molecular flexibility index (Phi) is 5.77. The van der Waals surface area contributed by atoms with Crippen molar-refractivity contribution < 1.29 is 0 Å². The molecular weight excluding hydrogens is 407 g/mol. The Morgan fingerprint density at radius 3 is 2.36 bits per heavy atom. The molecule has 0 atom stereocenters. The van der Waals surface area contributed by atoms with Crippen LogP contribution in [0.15, 0.2) is 84.1 Å². The zero-order valence-electron chi connectivity index (χ0n) is 15.3. The summed E-state index contributed by atoms with van der Waals surface area (Å²) in [6.45, 7) is 2.09. The van der Waals surface area contributed by atoms with Crippen molar-refractivity contribution in [2.45, 2.75) is 17.8 Å². The number of rotatable bonds is 5. The van der Waals surface area contributed by atoms with E-state index in [2.05, 4.69) is 60.0 Å². The molecule has 0 aliphatic rings. The number of aromatic nitrogens is 2. The fourth-order valence-electron chi connectivity index (χ4n) is 2.96. The van der Waals surface area contributed by atoms with Crippen molar-refractivity contribution in [3.8, 4) is 16.9 Å². The summed E-state index contributed by atoms with van der Waals surface area (Å²) in [5, 5.41) is 2.02. The largest absolute Gasteiger partial charge is 0.287 e. The molecule has 0 saturated heterocycles. The Labute approximate surface area is 179 Å². The van der Waals surface area contributed by atoms with E-state index in [0.29, 0.717) is 10.0 Å². The van der Waals surface area contributed by atoms with Crippen molar-refractivity contribution in [1.29, 1.82) is 0 Å². The SMILES string of the molecule is Cc1ccc(-n2c(-c3ccc(Cl)c(Cl)c3)cnc2SCc2ccccc2)cc1. The summed E-state index contributed by atoms with van der Waals surface area (Å²) in [5.74, 6) is 0.852. The molecule has 4 aromatic rings. The molecule has 0 fully saturated rings. The molecule has 28 heavy (non-hydrogen) atoms. The van der Waals surface area contributed by atoms with Gasteiger partial charge in [-0.25, -0.2) is 4.98 Å². The lowest BCUT2D eigenvalue weighted by Crippen LogP contribution is -1.99. The van der Waals surface area contributed by atoms with Crippen LogP contribution in [0.2, 0.25) is 10.0 Å². The van der Waals surface area contributed by atoms with Crippen LogP contribution in [0.4, 0.5) is 0 Å². The Hall–Kier alpha value is -2.20. The molecule has 1 aromatic heterocycles. The van der Waals surface area contributed by atoms with Gasteiger partial charge in [0.15, 0.2) is 5.16 Å². The molecule has 4 rings (SSSR count). The smallest absolute Gasteiger partial charge is 0.173 e. The first-order valence-electron chi connectivity index (χ1n) is 8.89. The van der Waals surface area contributed by atoms with Crippen molar-refractivity contribution in [3.05, 3.63) is 100 Å². The highest BCUT2D eigenvalue weighted by atomic mass is 35.5. The predicted octanol–water partition coefficient (Wildman–Crippen LogP) is 7.45. The minimum atomic E-state index is 0.536. The van der Waals surface area contributed by atoms with Crippen LogP contribution in [-0.2, 0) is 5.75 Å². The first kappa shape index (κ1) is 19.1. The van der Waals surface area contributed by atoms with E-state index in [9.17, 15) is 0 Å². The monoisotopic (exact) mass is 424 g/mol. The Balaban J connectivity index is 1.76. The first-order valence-corrected chi connectivity index (χ1v) is 10.6. The second kappa shape index (κ2) is 8.44. The molecule has 5 heteroatoms. The van der Waals surface area contributed by atoms with Crippen LogP contribution in [0.1, 0.15) is 11.1 Å². The number of aryl methyl sites for hydroxylation is 1. The minimum absolute atomic E-state index is 0.536. The molecule has 1 heterocycles. The zero-order chi connectivity index (χ0) is 19.5. The fourth-order valence-corrected chi connectivity index (χ4v) is 4.21. The third-order valence-corrected chi connectivity index (χ3v) is 6.21. The van der Waals surface area contributed by atoms with Gasteiger partial charge in [-0.15, -0.1) is 0 Å². The average molecular weight is 425 g/mol. The summed E-state index contributed by atoms with van der Waals surface area (Å²) >= 11 is 14.1. The number of imidazole rings is 1. The molecule has 0 saturated carbocycles. The molecule has 2 nitrogen and oxygen atoms in total. The molecule has 0 N–H and O–H groups in total. The summed E-state index contributed by atoms with van der Waals surface area (Å²) in [5.41, 5.74) is 5.52. The van der Waals surface area contributed by atoms with E-state index < -0.39 is 0 Å². The standard InChI is InChI=1S/C23H18Cl2N2S/c1-16-7-10-19(11-8-16)27-22(18-9-12-20(24)21(25)13-18)14-26-23(27)28-15-17-5-3-2-4-6-17/h2-14H,15H2,1H3. The third kappa shape index (κ3) is 4.12. The van der Waals surface area contributed by atoms with Gasteiger partial charge < -0.3 is 0 Å². The quantitative estimate of drug-likeness (QED) is 0.309. The Morgan fingerprint density at radius 2 is 1.64 bits per heavy atom. The van der Waals surface area contributed by atoms with E-state index in [1.165, 1.54) is 11.1 Å². The average Bonchev–Trinajstić information content (AvgIpc) is 3.14. The number of nitrogens with zero attached hydrogens (tertiary/aromatic N) is 2. The Morgan fingerprint density at radius 1 is 0.893 bits per heavy atom. The third-order valence-electron chi connectivity index (χ3n) is 4.45. The number of hydrogen-bond acceptors (Lipinski definition) is 2. The molecule has 0 radical (unpaired) electrons. The molecule has 0 aliphatic carbocycles. The van der Waals surface area contributed by atoms with Crippen molar-refractivity contribution in [2.24, 2.45) is 0 Å². The van der Waals surface area contributed by atoms with Gasteiger partial charge in [0.25, 0.3) is 0 Å². The topological polar surface area (TPSA) is 17.8 Å². The molecule has 0 bridgehead atoms. The maximum absolute atomic E-state index is 6.26. The summed E-state index contributed by atoms with van der Waals surface area (Å²) < 4.78 is 2.17. The highest BCUT2D eigenvalue weighted by Crippen LogP contribution is 2.34. The normalized spacial score (nSPS) is 11.0. The van der Waals surface area contributed by atoms with Crippen LogP contribution >= 0.6 is 35.0 Å². The number of benzene rings is 3. The van der Waals surface area contributed by atoms with E-state index >= 15 is 0 Å². The highest BCUT2D eigenvalue weighted by molar-refractivity contribution is 7.98. The summed E-state index contributed by atoms with van der Waals surface area (Å²) in [4.78, 5) is 4.71. The maximum Gasteiger partial charge on any atom is 0.173 e. The van der Waals surface area contributed by atoms with Crippen LogP contribution in [0.5, 0.6) is 0 Å². The van der Waals surface area contributed by atoms with E-state index in [1.807, 2.05) is 30.5 Å². The van der Waals surface area contributed by atoms with Crippen LogP contribution in [0.3, 0.4) is 0 Å². The second-order valence-electron chi connectivity index (χ2n) is 6.50. The molecule has 0 aliphatic heterocycles. The van der Waals surface area contributed by atoms with Crippen LogP contribution in [0, 0.1) is 6.92 Å². The Bertz CT molecular complexity index is 1090. The first-order chi connectivity index (χ1) is 13.6. The van der Waals surface area contributed by atoms with E-state index in [1.54, 1.807) is 11.8 Å². The van der Waals surface area contributed by atoms with Gasteiger partial charge in [0, 0.05) is 17.0 Å². The number of thioether (sulfide) groups is 1. The van der Waals surface area contributed by atoms with Gasteiger partial charge in [-0.1, -0.05) is 89.1 Å². The van der Waals surface area contributed by atoms with Crippen molar-refractivity contribution in [3.63, 3.8) is 0 Å². The number of halogens is 2. The molecule has 3 aromatic carbocycles. The number of hydrogen-bond donors (Lipinski definition) is 0. The van der Waals surface area contributed by atoms with Gasteiger partial charge in [0.2, 0.25) is 0 Å². The minimum Gasteiger partial charge on any atom is -0.287 e. The van der Waals surface area contributed by atoms with Crippen LogP contribution in [0.25, 0.3) is 16.9 Å². The van der Waals surface area contributed by atoms with Gasteiger partial charge in [0.05, 0.1) is 21.9 Å². The van der Waals surface area contributed by atoms with Crippen LogP contribution < -0.4 is 0 Å². The maximum atomic E-state index is 6.26. The predicted molar refractivity (Wildman–Crippen MR) is 120 cm³/mol. The van der Waals surface area contributed by atoms with Gasteiger partial charge in [-0.2, -0.15) is 0 Å². The summed E-state index contributed by atoms with van der Waals surface area (Å²) in [6.07, 6.45) is 1.90. The highest BCUT2D eigenvalue weighted by Gasteiger charge is 2.15. The molecule has 140 valence electrons. The van der Waals surface area contributed by atoms with E-state index in [4.69, 9.17) is 28.2 Å². The van der Waals surface area contributed by atoms with Gasteiger partial charge >= 0.3 is 0 Å². The van der Waals surface area contributed by atoms with Gasteiger partial charge in [0.1, 0.15) is 0 Å². The molecular formula is C23H18Cl2N2S. The molecule has 0 spiro atoms. The lowest BCUT2D eigenvalue weighted by molar-refractivity contribution is 0.899.